The highest BCUT2D eigenvalue weighted by atomic mass is 16.6. The molecular weight excluding hydrogens is 406 g/mol. The Hall–Kier alpha value is -3.61. The number of aromatic nitrogens is 1. The second kappa shape index (κ2) is 9.26. The summed E-state index contributed by atoms with van der Waals surface area (Å²) in [7, 11) is 0. The number of fused-ring (bicyclic) bond motifs is 1. The zero-order chi connectivity index (χ0) is 23.5. The highest BCUT2D eigenvalue weighted by Gasteiger charge is 2.24. The summed E-state index contributed by atoms with van der Waals surface area (Å²) in [5.41, 5.74) is 2.95. The molecule has 2 amide bonds. The van der Waals surface area contributed by atoms with E-state index in [1.54, 1.807) is 52.0 Å². The third-order valence-electron chi connectivity index (χ3n) is 5.07. The molecule has 2 N–H and O–H groups in total. The average molecular weight is 436 g/mol. The molecule has 0 aliphatic rings. The van der Waals surface area contributed by atoms with Crippen LogP contribution in [-0.4, -0.2) is 22.3 Å². The van der Waals surface area contributed by atoms with E-state index < -0.39 is 17.3 Å². The lowest BCUT2D eigenvalue weighted by Gasteiger charge is -2.23. The number of hydrogen-bond acceptors (Lipinski definition) is 4. The fraction of sp³-hybridized carbons (Fsp3) is 0.320. The zero-order valence-electron chi connectivity index (χ0n) is 19.1. The molecule has 0 aliphatic heterocycles. The number of ether oxygens (including phenoxy) is 1. The Bertz CT molecular complexity index is 1190. The number of nitrogens with one attached hydrogen (secondary N) is 2. The molecule has 0 bridgehead atoms. The van der Waals surface area contributed by atoms with Gasteiger partial charge in [-0.3, -0.25) is 9.59 Å². The van der Waals surface area contributed by atoms with Crippen molar-refractivity contribution in [3.63, 3.8) is 0 Å². The predicted molar refractivity (Wildman–Crippen MR) is 125 cm³/mol. The van der Waals surface area contributed by atoms with Crippen LogP contribution in [0.4, 0.5) is 4.79 Å². The number of rotatable bonds is 5. The molecule has 0 saturated heterocycles. The maximum absolute atomic E-state index is 13.4. The van der Waals surface area contributed by atoms with Gasteiger partial charge in [-0.15, -0.1) is 0 Å². The van der Waals surface area contributed by atoms with E-state index in [1.165, 1.54) is 0 Å². The van der Waals surface area contributed by atoms with Gasteiger partial charge in [-0.25, -0.2) is 14.9 Å². The molecule has 0 radical (unpaired) electrons. The third kappa shape index (κ3) is 4.99. The van der Waals surface area contributed by atoms with Crippen LogP contribution in [0.3, 0.4) is 0 Å². The number of benzene rings is 2. The SMILES string of the molecule is CC[C@H](NC(=O)c1c(C)n(NC(=O)OC(C)(C)C)c(=O)c2ccccc12)c1ccccc1. The third-order valence-corrected chi connectivity index (χ3v) is 5.07. The molecule has 3 aromatic rings. The number of pyridine rings is 1. The minimum atomic E-state index is -0.778. The van der Waals surface area contributed by atoms with Crippen molar-refractivity contribution in [2.45, 2.75) is 52.7 Å². The topological polar surface area (TPSA) is 89.4 Å². The summed E-state index contributed by atoms with van der Waals surface area (Å²) in [5, 5.41) is 3.92. The number of nitrogens with zero attached hydrogens (tertiary/aromatic N) is 1. The van der Waals surface area contributed by atoms with Crippen molar-refractivity contribution in [1.29, 1.82) is 0 Å². The van der Waals surface area contributed by atoms with Crippen molar-refractivity contribution < 1.29 is 14.3 Å². The van der Waals surface area contributed by atoms with Gasteiger partial charge in [-0.05, 0) is 45.7 Å². The van der Waals surface area contributed by atoms with Gasteiger partial charge in [0.2, 0.25) is 0 Å². The van der Waals surface area contributed by atoms with Crippen LogP contribution in [0.1, 0.15) is 61.8 Å². The molecule has 7 heteroatoms. The van der Waals surface area contributed by atoms with Gasteiger partial charge in [0.05, 0.1) is 17.3 Å². The van der Waals surface area contributed by atoms with Gasteiger partial charge in [0.15, 0.2) is 0 Å². The molecule has 0 spiro atoms. The Kier molecular flexibility index (Phi) is 6.67. The quantitative estimate of drug-likeness (QED) is 0.609. The summed E-state index contributed by atoms with van der Waals surface area (Å²) in [6, 6.07) is 16.4. The Balaban J connectivity index is 2.06. The fourth-order valence-electron chi connectivity index (χ4n) is 3.62. The van der Waals surface area contributed by atoms with Crippen molar-refractivity contribution in [3.8, 4) is 0 Å². The molecule has 1 atom stereocenters. The van der Waals surface area contributed by atoms with Gasteiger partial charge in [0.25, 0.3) is 11.5 Å². The summed E-state index contributed by atoms with van der Waals surface area (Å²) in [6.07, 6.45) is -0.0808. The van der Waals surface area contributed by atoms with E-state index in [-0.39, 0.29) is 11.9 Å². The van der Waals surface area contributed by atoms with E-state index in [0.717, 1.165) is 10.2 Å². The van der Waals surface area contributed by atoms with Crippen molar-refractivity contribution in [3.05, 3.63) is 81.8 Å². The number of carbonyl (C=O) groups is 2. The number of hydrogen-bond donors (Lipinski definition) is 2. The predicted octanol–water partition coefficient (Wildman–Crippen LogP) is 4.67. The minimum absolute atomic E-state index is 0.193. The molecule has 0 aliphatic carbocycles. The molecule has 1 aromatic heterocycles. The van der Waals surface area contributed by atoms with E-state index in [4.69, 9.17) is 4.74 Å². The molecule has 3 rings (SSSR count). The van der Waals surface area contributed by atoms with Crippen LogP contribution in [0.5, 0.6) is 0 Å². The van der Waals surface area contributed by atoms with Crippen LogP contribution < -0.4 is 16.3 Å². The smallest absolute Gasteiger partial charge is 0.427 e. The fourth-order valence-corrected chi connectivity index (χ4v) is 3.62. The van der Waals surface area contributed by atoms with Gasteiger partial charge in [0, 0.05) is 10.8 Å². The van der Waals surface area contributed by atoms with Crippen LogP contribution in [0.2, 0.25) is 0 Å². The van der Waals surface area contributed by atoms with Gasteiger partial charge >= 0.3 is 6.09 Å². The first-order valence-electron chi connectivity index (χ1n) is 10.6. The normalized spacial score (nSPS) is 12.3. The lowest BCUT2D eigenvalue weighted by molar-refractivity contribution is 0.0610. The van der Waals surface area contributed by atoms with Gasteiger partial charge in [0.1, 0.15) is 5.60 Å². The maximum Gasteiger partial charge on any atom is 0.427 e. The standard InChI is InChI=1S/C25H29N3O4/c1-6-20(17-12-8-7-9-13-17)26-22(29)21-16(2)28(27-24(31)32-25(3,4)5)23(30)19-15-11-10-14-18(19)21/h7-15,20H,6H2,1-5H3,(H,26,29)(H,27,31)/t20-/m0/s1. The van der Waals surface area contributed by atoms with E-state index in [0.29, 0.717) is 28.5 Å². The molecule has 0 unspecified atom stereocenters. The molecule has 168 valence electrons. The number of carbonyl (C=O) groups excluding carboxylic acids is 2. The van der Waals surface area contributed by atoms with Gasteiger partial charge in [-0.1, -0.05) is 55.5 Å². The molecule has 0 fully saturated rings. The monoisotopic (exact) mass is 435 g/mol. The van der Waals surface area contributed by atoms with Gasteiger partial charge < -0.3 is 10.1 Å². The van der Waals surface area contributed by atoms with E-state index in [2.05, 4.69) is 10.7 Å². The Morgan fingerprint density at radius 2 is 1.59 bits per heavy atom. The van der Waals surface area contributed by atoms with Crippen molar-refractivity contribution in [2.75, 3.05) is 5.43 Å². The first kappa shape index (κ1) is 23.1. The van der Waals surface area contributed by atoms with Crippen LogP contribution in [0.25, 0.3) is 10.8 Å². The maximum atomic E-state index is 13.4. The highest BCUT2D eigenvalue weighted by Crippen LogP contribution is 2.22. The molecule has 7 nitrogen and oxygen atoms in total. The van der Waals surface area contributed by atoms with Crippen LogP contribution in [0, 0.1) is 6.92 Å². The van der Waals surface area contributed by atoms with E-state index >= 15 is 0 Å². The largest absolute Gasteiger partial charge is 0.443 e. The van der Waals surface area contributed by atoms with Crippen molar-refractivity contribution in [2.24, 2.45) is 0 Å². The second-order valence-electron chi connectivity index (χ2n) is 8.61. The zero-order valence-corrected chi connectivity index (χ0v) is 19.1. The second-order valence-corrected chi connectivity index (χ2v) is 8.61. The Labute approximate surface area is 187 Å². The van der Waals surface area contributed by atoms with Crippen LogP contribution in [-0.2, 0) is 4.74 Å². The highest BCUT2D eigenvalue weighted by molar-refractivity contribution is 6.08. The van der Waals surface area contributed by atoms with Gasteiger partial charge in [-0.2, -0.15) is 0 Å². The minimum Gasteiger partial charge on any atom is -0.443 e. The van der Waals surface area contributed by atoms with Crippen molar-refractivity contribution >= 4 is 22.8 Å². The summed E-state index contributed by atoms with van der Waals surface area (Å²) in [6.45, 7) is 8.82. The Morgan fingerprint density at radius 1 is 1.00 bits per heavy atom. The lowest BCUT2D eigenvalue weighted by Crippen LogP contribution is -2.40. The molecule has 32 heavy (non-hydrogen) atoms. The average Bonchev–Trinajstić information content (AvgIpc) is 2.74. The van der Waals surface area contributed by atoms with E-state index in [1.807, 2.05) is 37.3 Å². The first-order valence-corrected chi connectivity index (χ1v) is 10.6. The first-order chi connectivity index (χ1) is 15.1. The van der Waals surface area contributed by atoms with Crippen molar-refractivity contribution in [1.82, 2.24) is 9.99 Å². The molecular formula is C25H29N3O4. The van der Waals surface area contributed by atoms with Crippen LogP contribution in [0.15, 0.2) is 59.4 Å². The summed E-state index contributed by atoms with van der Waals surface area (Å²) in [4.78, 5) is 38.9. The number of amides is 2. The van der Waals surface area contributed by atoms with Crippen LogP contribution >= 0.6 is 0 Å². The lowest BCUT2D eigenvalue weighted by atomic mass is 10.0. The molecule has 0 saturated carbocycles. The summed E-state index contributed by atoms with van der Waals surface area (Å²) < 4.78 is 6.37. The molecule has 1 heterocycles. The summed E-state index contributed by atoms with van der Waals surface area (Å²) in [5.74, 6) is -0.325. The summed E-state index contributed by atoms with van der Waals surface area (Å²) >= 11 is 0. The molecule has 2 aromatic carbocycles. The Morgan fingerprint density at radius 3 is 2.19 bits per heavy atom. The van der Waals surface area contributed by atoms with E-state index in [9.17, 15) is 14.4 Å².